The van der Waals surface area contributed by atoms with Crippen LogP contribution in [0.15, 0.2) is 16.5 Å². The molecule has 102 valence electrons. The molecule has 2 atom stereocenters. The van der Waals surface area contributed by atoms with Crippen LogP contribution in [0.3, 0.4) is 0 Å². The highest BCUT2D eigenvalue weighted by molar-refractivity contribution is 5.06. The Morgan fingerprint density at radius 1 is 1.28 bits per heavy atom. The summed E-state index contributed by atoms with van der Waals surface area (Å²) >= 11 is 0. The van der Waals surface area contributed by atoms with E-state index in [4.69, 9.17) is 4.42 Å². The number of rotatable bonds is 6. The van der Waals surface area contributed by atoms with Gasteiger partial charge in [0.2, 0.25) is 0 Å². The Labute approximate surface area is 111 Å². The van der Waals surface area contributed by atoms with Gasteiger partial charge >= 0.3 is 0 Å². The van der Waals surface area contributed by atoms with Crippen LogP contribution in [0.25, 0.3) is 0 Å². The Balaban J connectivity index is 1.60. The summed E-state index contributed by atoms with van der Waals surface area (Å²) in [6, 6.07) is 4.17. The van der Waals surface area contributed by atoms with Crippen molar-refractivity contribution in [1.82, 2.24) is 5.32 Å². The van der Waals surface area contributed by atoms with Gasteiger partial charge in [-0.2, -0.15) is 0 Å². The molecule has 0 bridgehead atoms. The molecule has 18 heavy (non-hydrogen) atoms. The zero-order valence-electron chi connectivity index (χ0n) is 11.9. The Bertz CT molecular complexity index is 345. The second-order valence-corrected chi connectivity index (χ2v) is 5.82. The van der Waals surface area contributed by atoms with Gasteiger partial charge in [-0.1, -0.05) is 33.1 Å². The van der Waals surface area contributed by atoms with Crippen molar-refractivity contribution in [2.24, 2.45) is 11.8 Å². The van der Waals surface area contributed by atoms with Gasteiger partial charge in [0.05, 0.1) is 6.54 Å². The van der Waals surface area contributed by atoms with Crippen LogP contribution in [-0.2, 0) is 13.0 Å². The molecule has 2 heteroatoms. The minimum absolute atomic E-state index is 0.877. The van der Waals surface area contributed by atoms with Crippen molar-refractivity contribution < 1.29 is 4.42 Å². The molecule has 0 saturated heterocycles. The molecular formula is C16H27NO. The maximum atomic E-state index is 5.68. The monoisotopic (exact) mass is 249 g/mol. The van der Waals surface area contributed by atoms with Gasteiger partial charge in [-0.25, -0.2) is 0 Å². The molecule has 0 amide bonds. The predicted octanol–water partition coefficient (Wildman–Crippen LogP) is 4.15. The third-order valence-corrected chi connectivity index (χ3v) is 4.14. The van der Waals surface area contributed by atoms with Crippen LogP contribution in [-0.4, -0.2) is 6.54 Å². The summed E-state index contributed by atoms with van der Waals surface area (Å²) in [6.07, 6.45) is 8.06. The van der Waals surface area contributed by atoms with E-state index < -0.39 is 0 Å². The molecule has 0 radical (unpaired) electrons. The molecule has 1 aromatic heterocycles. The van der Waals surface area contributed by atoms with E-state index in [0.29, 0.717) is 0 Å². The second-order valence-electron chi connectivity index (χ2n) is 5.82. The molecule has 0 spiro atoms. The van der Waals surface area contributed by atoms with E-state index >= 15 is 0 Å². The molecule has 1 aliphatic rings. The molecule has 1 heterocycles. The van der Waals surface area contributed by atoms with E-state index in [2.05, 4.69) is 31.3 Å². The van der Waals surface area contributed by atoms with Crippen LogP contribution in [0.5, 0.6) is 0 Å². The van der Waals surface area contributed by atoms with Gasteiger partial charge in [-0.3, -0.25) is 0 Å². The van der Waals surface area contributed by atoms with E-state index in [-0.39, 0.29) is 0 Å². The Hall–Kier alpha value is -0.760. The van der Waals surface area contributed by atoms with Crippen LogP contribution < -0.4 is 5.32 Å². The minimum atomic E-state index is 0.877. The van der Waals surface area contributed by atoms with Gasteiger partial charge in [-0.15, -0.1) is 0 Å². The average Bonchev–Trinajstić information content (AvgIpc) is 2.83. The van der Waals surface area contributed by atoms with E-state index in [1.165, 1.54) is 32.1 Å². The third-order valence-electron chi connectivity index (χ3n) is 4.14. The fraction of sp³-hybridized carbons (Fsp3) is 0.750. The van der Waals surface area contributed by atoms with Gasteiger partial charge in [0.15, 0.2) is 0 Å². The number of hydrogen-bond donors (Lipinski definition) is 1. The molecule has 0 aliphatic heterocycles. The van der Waals surface area contributed by atoms with Crippen molar-refractivity contribution in [2.45, 2.75) is 58.9 Å². The molecule has 1 N–H and O–H groups in total. The first kappa shape index (κ1) is 13.7. The summed E-state index contributed by atoms with van der Waals surface area (Å²) < 4.78 is 5.68. The van der Waals surface area contributed by atoms with Gasteiger partial charge in [0.1, 0.15) is 11.5 Å². The third kappa shape index (κ3) is 4.16. The highest BCUT2D eigenvalue weighted by Crippen LogP contribution is 2.30. The van der Waals surface area contributed by atoms with Crippen LogP contribution in [0, 0.1) is 11.8 Å². The Morgan fingerprint density at radius 3 is 2.83 bits per heavy atom. The summed E-state index contributed by atoms with van der Waals surface area (Å²) in [5.74, 6) is 4.06. The quantitative estimate of drug-likeness (QED) is 0.766. The minimum Gasteiger partial charge on any atom is -0.465 e. The van der Waals surface area contributed by atoms with Crippen molar-refractivity contribution in [2.75, 3.05) is 6.54 Å². The van der Waals surface area contributed by atoms with Gasteiger partial charge in [-0.05, 0) is 43.4 Å². The predicted molar refractivity (Wildman–Crippen MR) is 75.5 cm³/mol. The van der Waals surface area contributed by atoms with E-state index in [1.54, 1.807) is 0 Å². The fourth-order valence-corrected chi connectivity index (χ4v) is 3.05. The van der Waals surface area contributed by atoms with Crippen molar-refractivity contribution in [3.63, 3.8) is 0 Å². The standard InChI is InChI=1S/C16H27NO/c1-3-15-7-8-16(18-15)12-17-10-9-14-6-4-5-13(2)11-14/h7-8,13-14,17H,3-6,9-12H2,1-2H3. The van der Waals surface area contributed by atoms with Crippen LogP contribution >= 0.6 is 0 Å². The molecule has 2 unspecified atom stereocenters. The number of nitrogens with one attached hydrogen (secondary N) is 1. The summed E-state index contributed by atoms with van der Waals surface area (Å²) in [5, 5.41) is 3.51. The Morgan fingerprint density at radius 2 is 2.11 bits per heavy atom. The van der Waals surface area contributed by atoms with Crippen LogP contribution in [0.1, 0.15) is 57.5 Å². The van der Waals surface area contributed by atoms with E-state index in [1.807, 2.05) is 0 Å². The Kier molecular flexibility index (Phi) is 5.30. The molecule has 1 saturated carbocycles. The van der Waals surface area contributed by atoms with E-state index in [9.17, 15) is 0 Å². The molecule has 1 aliphatic carbocycles. The zero-order valence-corrected chi connectivity index (χ0v) is 11.9. The summed E-state index contributed by atoms with van der Waals surface area (Å²) in [5.41, 5.74) is 0. The SMILES string of the molecule is CCc1ccc(CNCCC2CCCC(C)C2)o1. The van der Waals surface area contributed by atoms with Crippen LogP contribution in [0.4, 0.5) is 0 Å². The molecule has 2 rings (SSSR count). The smallest absolute Gasteiger partial charge is 0.117 e. The normalized spacial score (nSPS) is 24.3. The van der Waals surface area contributed by atoms with Gasteiger partial charge < -0.3 is 9.73 Å². The maximum absolute atomic E-state index is 5.68. The number of furan rings is 1. The molecule has 1 fully saturated rings. The van der Waals surface area contributed by atoms with Crippen LogP contribution in [0.2, 0.25) is 0 Å². The first-order chi connectivity index (χ1) is 8.78. The topological polar surface area (TPSA) is 25.2 Å². The largest absolute Gasteiger partial charge is 0.465 e. The molecular weight excluding hydrogens is 222 g/mol. The first-order valence-electron chi connectivity index (χ1n) is 7.56. The lowest BCUT2D eigenvalue weighted by Crippen LogP contribution is -2.20. The van der Waals surface area contributed by atoms with Gasteiger partial charge in [0.25, 0.3) is 0 Å². The highest BCUT2D eigenvalue weighted by Gasteiger charge is 2.18. The van der Waals surface area contributed by atoms with Crippen molar-refractivity contribution in [3.05, 3.63) is 23.7 Å². The lowest BCUT2D eigenvalue weighted by Gasteiger charge is -2.26. The van der Waals surface area contributed by atoms with Gasteiger partial charge in [0, 0.05) is 6.42 Å². The summed E-state index contributed by atoms with van der Waals surface area (Å²) in [6.45, 7) is 6.52. The fourth-order valence-electron chi connectivity index (χ4n) is 3.05. The number of hydrogen-bond acceptors (Lipinski definition) is 2. The summed E-state index contributed by atoms with van der Waals surface area (Å²) in [7, 11) is 0. The molecule has 0 aromatic carbocycles. The summed E-state index contributed by atoms with van der Waals surface area (Å²) in [4.78, 5) is 0. The molecule has 2 nitrogen and oxygen atoms in total. The van der Waals surface area contributed by atoms with E-state index in [0.717, 1.165) is 42.9 Å². The van der Waals surface area contributed by atoms with Crippen molar-refractivity contribution in [1.29, 1.82) is 0 Å². The second kappa shape index (κ2) is 6.98. The lowest BCUT2D eigenvalue weighted by molar-refractivity contribution is 0.266. The number of aryl methyl sites for hydroxylation is 1. The molecule has 1 aromatic rings. The first-order valence-corrected chi connectivity index (χ1v) is 7.56. The van der Waals surface area contributed by atoms with Crippen molar-refractivity contribution >= 4 is 0 Å². The average molecular weight is 249 g/mol. The maximum Gasteiger partial charge on any atom is 0.117 e. The van der Waals surface area contributed by atoms with Crippen molar-refractivity contribution in [3.8, 4) is 0 Å². The zero-order chi connectivity index (χ0) is 12.8. The highest BCUT2D eigenvalue weighted by atomic mass is 16.3. The lowest BCUT2D eigenvalue weighted by atomic mass is 9.81.